The Morgan fingerprint density at radius 1 is 1.00 bits per heavy atom. The molecule has 4 heterocycles. The molecule has 4 nitrogen and oxygen atoms in total. The number of aromatic amines is 1. The molecule has 4 aromatic rings. The van der Waals surface area contributed by atoms with Gasteiger partial charge >= 0.3 is 0 Å². The summed E-state index contributed by atoms with van der Waals surface area (Å²) >= 11 is 0. The van der Waals surface area contributed by atoms with Gasteiger partial charge in [0.15, 0.2) is 0 Å². The van der Waals surface area contributed by atoms with Crippen LogP contribution in [0.3, 0.4) is 0 Å². The Balaban J connectivity index is 1.97. The number of pyridine rings is 3. The van der Waals surface area contributed by atoms with Crippen LogP contribution in [0.2, 0.25) is 0 Å². The third-order valence-electron chi connectivity index (χ3n) is 3.45. The monoisotopic (exact) mass is 260 g/mol. The first-order valence-electron chi connectivity index (χ1n) is 6.47. The van der Waals surface area contributed by atoms with Crippen molar-refractivity contribution in [2.75, 3.05) is 0 Å². The van der Waals surface area contributed by atoms with E-state index in [1.807, 2.05) is 43.6 Å². The smallest absolute Gasteiger partial charge is 0.139 e. The highest BCUT2D eigenvalue weighted by atomic mass is 14.9. The van der Waals surface area contributed by atoms with E-state index < -0.39 is 0 Å². The highest BCUT2D eigenvalue weighted by Gasteiger charge is 2.07. The van der Waals surface area contributed by atoms with Crippen molar-refractivity contribution in [3.05, 3.63) is 54.6 Å². The average Bonchev–Trinajstić information content (AvgIpc) is 2.85. The number of H-pyrrole nitrogens is 1. The number of aryl methyl sites for hydroxylation is 1. The fourth-order valence-corrected chi connectivity index (χ4v) is 2.48. The van der Waals surface area contributed by atoms with Gasteiger partial charge in [0.25, 0.3) is 0 Å². The van der Waals surface area contributed by atoms with Crippen LogP contribution < -0.4 is 0 Å². The minimum Gasteiger partial charge on any atom is -0.339 e. The highest BCUT2D eigenvalue weighted by molar-refractivity contribution is 6.05. The first kappa shape index (κ1) is 11.1. The van der Waals surface area contributed by atoms with Crippen molar-refractivity contribution in [1.29, 1.82) is 0 Å². The van der Waals surface area contributed by atoms with Crippen LogP contribution in [0.25, 0.3) is 33.2 Å². The van der Waals surface area contributed by atoms with Gasteiger partial charge < -0.3 is 4.98 Å². The number of nitrogens with zero attached hydrogens (tertiary/aromatic N) is 3. The second-order valence-corrected chi connectivity index (χ2v) is 4.82. The van der Waals surface area contributed by atoms with Crippen LogP contribution in [0.15, 0.2) is 48.9 Å². The Morgan fingerprint density at radius 3 is 2.85 bits per heavy atom. The normalized spacial score (nSPS) is 11.2. The number of rotatable bonds is 1. The second-order valence-electron chi connectivity index (χ2n) is 4.82. The lowest BCUT2D eigenvalue weighted by Crippen LogP contribution is -1.87. The molecule has 4 aromatic heterocycles. The topological polar surface area (TPSA) is 54.5 Å². The lowest BCUT2D eigenvalue weighted by atomic mass is 10.1. The maximum Gasteiger partial charge on any atom is 0.139 e. The molecule has 0 fully saturated rings. The number of hydrogen-bond donors (Lipinski definition) is 1. The van der Waals surface area contributed by atoms with E-state index >= 15 is 0 Å². The van der Waals surface area contributed by atoms with E-state index in [1.54, 1.807) is 6.20 Å². The molecule has 0 spiro atoms. The lowest BCUT2D eigenvalue weighted by Gasteiger charge is -2.01. The molecule has 0 atom stereocenters. The van der Waals surface area contributed by atoms with E-state index in [2.05, 4.69) is 21.0 Å². The van der Waals surface area contributed by atoms with Crippen LogP contribution in [0.5, 0.6) is 0 Å². The van der Waals surface area contributed by atoms with Gasteiger partial charge in [0, 0.05) is 40.6 Å². The predicted molar refractivity (Wildman–Crippen MR) is 79.4 cm³/mol. The number of nitrogens with one attached hydrogen (secondary N) is 1. The van der Waals surface area contributed by atoms with Crippen molar-refractivity contribution < 1.29 is 0 Å². The van der Waals surface area contributed by atoms with Crippen molar-refractivity contribution in [3.63, 3.8) is 0 Å². The zero-order valence-corrected chi connectivity index (χ0v) is 11.0. The Morgan fingerprint density at radius 2 is 1.95 bits per heavy atom. The second kappa shape index (κ2) is 4.13. The third-order valence-corrected chi connectivity index (χ3v) is 3.45. The van der Waals surface area contributed by atoms with Crippen molar-refractivity contribution in [2.45, 2.75) is 6.92 Å². The van der Waals surface area contributed by atoms with E-state index in [4.69, 9.17) is 4.98 Å². The lowest BCUT2D eigenvalue weighted by molar-refractivity contribution is 1.20. The molecule has 4 rings (SSSR count). The van der Waals surface area contributed by atoms with Crippen LogP contribution in [-0.2, 0) is 0 Å². The van der Waals surface area contributed by atoms with Crippen LogP contribution in [0.4, 0.5) is 0 Å². The molecule has 0 saturated heterocycles. The number of aromatic nitrogens is 4. The van der Waals surface area contributed by atoms with Gasteiger partial charge in [-0.1, -0.05) is 0 Å². The third kappa shape index (κ3) is 1.66. The van der Waals surface area contributed by atoms with Crippen LogP contribution in [-0.4, -0.2) is 19.9 Å². The fraction of sp³-hybridized carbons (Fsp3) is 0.0625. The predicted octanol–water partition coefficient (Wildman–Crippen LogP) is 3.48. The molecule has 0 amide bonds. The molecule has 0 aliphatic rings. The first-order valence-corrected chi connectivity index (χ1v) is 6.47. The number of fused-ring (bicyclic) bond motifs is 3. The summed E-state index contributed by atoms with van der Waals surface area (Å²) in [5.41, 5.74) is 4.97. The summed E-state index contributed by atoms with van der Waals surface area (Å²) in [5, 5.41) is 2.20. The Hall–Kier alpha value is -2.75. The largest absolute Gasteiger partial charge is 0.339 e. The molecule has 96 valence electrons. The van der Waals surface area contributed by atoms with Gasteiger partial charge in [0.1, 0.15) is 5.65 Å². The van der Waals surface area contributed by atoms with Crippen molar-refractivity contribution in [1.82, 2.24) is 19.9 Å². The van der Waals surface area contributed by atoms with E-state index in [0.29, 0.717) is 0 Å². The van der Waals surface area contributed by atoms with Gasteiger partial charge in [-0.25, -0.2) is 4.98 Å². The minimum atomic E-state index is 0.889. The zero-order chi connectivity index (χ0) is 13.5. The molecular weight excluding hydrogens is 248 g/mol. The van der Waals surface area contributed by atoms with Gasteiger partial charge in [0.2, 0.25) is 0 Å². The van der Waals surface area contributed by atoms with Gasteiger partial charge in [-0.15, -0.1) is 0 Å². The Bertz CT molecular complexity index is 924. The van der Waals surface area contributed by atoms with E-state index in [9.17, 15) is 0 Å². The van der Waals surface area contributed by atoms with Gasteiger partial charge in [0.05, 0.1) is 11.2 Å². The quantitative estimate of drug-likeness (QED) is 0.570. The molecule has 0 saturated carbocycles. The van der Waals surface area contributed by atoms with Crippen LogP contribution in [0, 0.1) is 6.92 Å². The summed E-state index contributed by atoms with van der Waals surface area (Å²) in [5.74, 6) is 0. The van der Waals surface area contributed by atoms with Crippen molar-refractivity contribution in [2.24, 2.45) is 0 Å². The van der Waals surface area contributed by atoms with E-state index in [-0.39, 0.29) is 0 Å². The first-order chi connectivity index (χ1) is 9.81. The summed E-state index contributed by atoms with van der Waals surface area (Å²) in [6.45, 7) is 1.98. The molecule has 0 radical (unpaired) electrons. The van der Waals surface area contributed by atoms with Crippen molar-refractivity contribution >= 4 is 21.9 Å². The molecule has 0 unspecified atom stereocenters. The molecule has 0 aromatic carbocycles. The Kier molecular flexibility index (Phi) is 2.29. The molecule has 20 heavy (non-hydrogen) atoms. The SMILES string of the molecule is Cc1cc(-c2ccc3c(n2)[nH]c2ccncc23)ccn1. The zero-order valence-electron chi connectivity index (χ0n) is 11.0. The summed E-state index contributed by atoms with van der Waals surface area (Å²) < 4.78 is 0. The maximum atomic E-state index is 4.71. The van der Waals surface area contributed by atoms with Gasteiger partial charge in [-0.2, -0.15) is 0 Å². The standard InChI is InChI=1S/C16H12N4/c1-10-8-11(4-7-18-10)14-3-2-12-13-9-17-6-5-15(13)20-16(12)19-14/h2-9H,1H3,(H,19,20). The van der Waals surface area contributed by atoms with E-state index in [0.717, 1.165) is 38.9 Å². The summed E-state index contributed by atoms with van der Waals surface area (Å²) in [6.07, 6.45) is 5.46. The summed E-state index contributed by atoms with van der Waals surface area (Å²) in [4.78, 5) is 16.4. The highest BCUT2D eigenvalue weighted by Crippen LogP contribution is 2.26. The van der Waals surface area contributed by atoms with Gasteiger partial charge in [-0.3, -0.25) is 9.97 Å². The van der Waals surface area contributed by atoms with Crippen LogP contribution >= 0.6 is 0 Å². The maximum absolute atomic E-state index is 4.71. The molecule has 0 aliphatic carbocycles. The molecule has 4 heteroatoms. The molecule has 0 bridgehead atoms. The van der Waals surface area contributed by atoms with E-state index in [1.165, 1.54) is 0 Å². The minimum absolute atomic E-state index is 0.889. The average molecular weight is 260 g/mol. The molecule has 1 N–H and O–H groups in total. The van der Waals surface area contributed by atoms with Crippen LogP contribution in [0.1, 0.15) is 5.69 Å². The van der Waals surface area contributed by atoms with Gasteiger partial charge in [-0.05, 0) is 37.3 Å². The number of hydrogen-bond acceptors (Lipinski definition) is 3. The summed E-state index contributed by atoms with van der Waals surface area (Å²) in [6, 6.07) is 10.1. The molecular formula is C16H12N4. The Labute approximate surface area is 115 Å². The summed E-state index contributed by atoms with van der Waals surface area (Å²) in [7, 11) is 0. The molecule has 0 aliphatic heterocycles. The van der Waals surface area contributed by atoms with Crippen molar-refractivity contribution in [3.8, 4) is 11.3 Å². The fourth-order valence-electron chi connectivity index (χ4n) is 2.48.